The molecule has 3 aromatic heterocycles. The first-order valence-corrected chi connectivity index (χ1v) is 6.06. The maximum Gasteiger partial charge on any atom is 0.254 e. The standard InChI is InChI=1S/C13H14N6/c1-9-4-3-5-14-11(9)7-15-12-6-10(2)18-13-16-8-17-19(12)13/h3-6,8,15H,7H2,1-2H3. The summed E-state index contributed by atoms with van der Waals surface area (Å²) in [7, 11) is 0. The molecule has 0 fully saturated rings. The Bertz CT molecular complexity index is 718. The van der Waals surface area contributed by atoms with Crippen LogP contribution in [0.4, 0.5) is 5.82 Å². The Hall–Kier alpha value is -2.50. The number of hydrogen-bond acceptors (Lipinski definition) is 5. The lowest BCUT2D eigenvalue weighted by molar-refractivity contribution is 0.905. The fraction of sp³-hybridized carbons (Fsp3) is 0.231. The van der Waals surface area contributed by atoms with Crippen LogP contribution >= 0.6 is 0 Å². The van der Waals surface area contributed by atoms with Gasteiger partial charge in [-0.05, 0) is 25.5 Å². The van der Waals surface area contributed by atoms with E-state index in [4.69, 9.17) is 0 Å². The van der Waals surface area contributed by atoms with Gasteiger partial charge in [0.2, 0.25) is 0 Å². The van der Waals surface area contributed by atoms with Crippen molar-refractivity contribution in [3.8, 4) is 0 Å². The zero-order chi connectivity index (χ0) is 13.2. The Balaban J connectivity index is 1.90. The van der Waals surface area contributed by atoms with Crippen molar-refractivity contribution in [1.29, 1.82) is 0 Å². The number of anilines is 1. The van der Waals surface area contributed by atoms with E-state index in [2.05, 4.69) is 25.4 Å². The lowest BCUT2D eigenvalue weighted by Crippen LogP contribution is -2.08. The Labute approximate surface area is 110 Å². The third-order valence-electron chi connectivity index (χ3n) is 2.93. The summed E-state index contributed by atoms with van der Waals surface area (Å²) < 4.78 is 1.69. The molecule has 0 radical (unpaired) electrons. The molecule has 0 aliphatic carbocycles. The third kappa shape index (κ3) is 2.24. The second-order valence-electron chi connectivity index (χ2n) is 4.38. The summed E-state index contributed by atoms with van der Waals surface area (Å²) in [5, 5.41) is 7.48. The summed E-state index contributed by atoms with van der Waals surface area (Å²) in [4.78, 5) is 12.8. The van der Waals surface area contributed by atoms with Crippen molar-refractivity contribution in [2.45, 2.75) is 20.4 Å². The normalized spacial score (nSPS) is 10.8. The van der Waals surface area contributed by atoms with Crippen LogP contribution in [0, 0.1) is 13.8 Å². The molecular weight excluding hydrogens is 240 g/mol. The average Bonchev–Trinajstić information content (AvgIpc) is 2.85. The van der Waals surface area contributed by atoms with Crippen molar-refractivity contribution in [3.63, 3.8) is 0 Å². The summed E-state index contributed by atoms with van der Waals surface area (Å²) in [6.07, 6.45) is 3.30. The molecule has 19 heavy (non-hydrogen) atoms. The van der Waals surface area contributed by atoms with E-state index in [-0.39, 0.29) is 0 Å². The molecular formula is C13H14N6. The van der Waals surface area contributed by atoms with Crippen LogP contribution in [-0.4, -0.2) is 24.6 Å². The molecule has 6 heteroatoms. The van der Waals surface area contributed by atoms with E-state index >= 15 is 0 Å². The molecule has 0 saturated carbocycles. The molecule has 0 unspecified atom stereocenters. The van der Waals surface area contributed by atoms with Gasteiger partial charge < -0.3 is 5.32 Å². The van der Waals surface area contributed by atoms with Crippen LogP contribution in [0.2, 0.25) is 0 Å². The van der Waals surface area contributed by atoms with E-state index in [0.29, 0.717) is 12.3 Å². The van der Waals surface area contributed by atoms with Gasteiger partial charge in [0, 0.05) is 18.0 Å². The van der Waals surface area contributed by atoms with Crippen LogP contribution in [-0.2, 0) is 6.54 Å². The molecule has 0 aliphatic rings. The smallest absolute Gasteiger partial charge is 0.254 e. The van der Waals surface area contributed by atoms with E-state index < -0.39 is 0 Å². The minimum atomic E-state index is 0.597. The van der Waals surface area contributed by atoms with Gasteiger partial charge in [-0.3, -0.25) is 4.98 Å². The molecule has 0 saturated heterocycles. The molecule has 0 atom stereocenters. The predicted molar refractivity (Wildman–Crippen MR) is 71.8 cm³/mol. The van der Waals surface area contributed by atoms with E-state index in [9.17, 15) is 0 Å². The zero-order valence-electron chi connectivity index (χ0n) is 10.8. The maximum atomic E-state index is 4.36. The summed E-state index contributed by atoms with van der Waals surface area (Å²) in [6.45, 7) is 4.63. The number of hydrogen-bond donors (Lipinski definition) is 1. The van der Waals surface area contributed by atoms with Crippen LogP contribution in [0.1, 0.15) is 17.0 Å². The fourth-order valence-electron chi connectivity index (χ4n) is 1.93. The second kappa shape index (κ2) is 4.64. The second-order valence-corrected chi connectivity index (χ2v) is 4.38. The summed E-state index contributed by atoms with van der Waals surface area (Å²) >= 11 is 0. The van der Waals surface area contributed by atoms with Gasteiger partial charge in [0.15, 0.2) is 0 Å². The molecule has 0 aromatic carbocycles. The van der Waals surface area contributed by atoms with Gasteiger partial charge in [0.05, 0.1) is 12.2 Å². The van der Waals surface area contributed by atoms with Crippen molar-refractivity contribution in [1.82, 2.24) is 24.6 Å². The number of aromatic nitrogens is 5. The molecule has 6 nitrogen and oxygen atoms in total. The molecule has 0 aliphatic heterocycles. The molecule has 0 bridgehead atoms. The Morgan fingerprint density at radius 3 is 3.00 bits per heavy atom. The highest BCUT2D eigenvalue weighted by Crippen LogP contribution is 2.12. The fourth-order valence-corrected chi connectivity index (χ4v) is 1.93. The van der Waals surface area contributed by atoms with Crippen LogP contribution in [0.15, 0.2) is 30.7 Å². The van der Waals surface area contributed by atoms with Crippen LogP contribution in [0.25, 0.3) is 5.78 Å². The Morgan fingerprint density at radius 2 is 2.16 bits per heavy atom. The number of rotatable bonds is 3. The Kier molecular flexibility index (Phi) is 2.83. The van der Waals surface area contributed by atoms with Gasteiger partial charge in [-0.25, -0.2) is 4.98 Å². The molecule has 96 valence electrons. The van der Waals surface area contributed by atoms with Crippen molar-refractivity contribution < 1.29 is 0 Å². The Morgan fingerprint density at radius 1 is 1.26 bits per heavy atom. The number of nitrogens with zero attached hydrogens (tertiary/aromatic N) is 5. The largest absolute Gasteiger partial charge is 0.364 e. The van der Waals surface area contributed by atoms with Gasteiger partial charge in [-0.2, -0.15) is 14.6 Å². The van der Waals surface area contributed by atoms with Gasteiger partial charge in [0.25, 0.3) is 5.78 Å². The van der Waals surface area contributed by atoms with Gasteiger partial charge >= 0.3 is 0 Å². The van der Waals surface area contributed by atoms with Crippen molar-refractivity contribution >= 4 is 11.6 Å². The van der Waals surface area contributed by atoms with Gasteiger partial charge in [0.1, 0.15) is 12.1 Å². The van der Waals surface area contributed by atoms with Crippen LogP contribution in [0.3, 0.4) is 0 Å². The maximum absolute atomic E-state index is 4.36. The highest BCUT2D eigenvalue weighted by Gasteiger charge is 2.06. The first-order valence-electron chi connectivity index (χ1n) is 6.06. The predicted octanol–water partition coefficient (Wildman–Crippen LogP) is 1.75. The first kappa shape index (κ1) is 11.6. The third-order valence-corrected chi connectivity index (χ3v) is 2.93. The van der Waals surface area contributed by atoms with Crippen molar-refractivity contribution in [2.24, 2.45) is 0 Å². The average molecular weight is 254 g/mol. The van der Waals surface area contributed by atoms with Gasteiger partial charge in [-0.1, -0.05) is 6.07 Å². The quantitative estimate of drug-likeness (QED) is 0.771. The van der Waals surface area contributed by atoms with E-state index in [1.807, 2.05) is 32.0 Å². The van der Waals surface area contributed by atoms with Gasteiger partial charge in [-0.15, -0.1) is 0 Å². The SMILES string of the molecule is Cc1cc(NCc2ncccc2C)n2ncnc2n1. The zero-order valence-corrected chi connectivity index (χ0v) is 10.8. The topological polar surface area (TPSA) is 68.0 Å². The highest BCUT2D eigenvalue weighted by molar-refractivity contribution is 5.45. The first-order chi connectivity index (χ1) is 9.24. The number of nitrogens with one attached hydrogen (secondary N) is 1. The van der Waals surface area contributed by atoms with Crippen molar-refractivity contribution in [3.05, 3.63) is 47.7 Å². The molecule has 3 heterocycles. The molecule has 3 aromatic rings. The highest BCUT2D eigenvalue weighted by atomic mass is 15.3. The summed E-state index contributed by atoms with van der Waals surface area (Å²) in [5.74, 6) is 1.46. The summed E-state index contributed by atoms with van der Waals surface area (Å²) in [5.41, 5.74) is 3.08. The molecule has 3 rings (SSSR count). The minimum absolute atomic E-state index is 0.597. The van der Waals surface area contributed by atoms with E-state index in [0.717, 1.165) is 22.8 Å². The number of aryl methyl sites for hydroxylation is 2. The molecule has 0 amide bonds. The lowest BCUT2D eigenvalue weighted by Gasteiger charge is -2.09. The monoisotopic (exact) mass is 254 g/mol. The number of fused-ring (bicyclic) bond motifs is 1. The van der Waals surface area contributed by atoms with Crippen molar-refractivity contribution in [2.75, 3.05) is 5.32 Å². The molecule has 1 N–H and O–H groups in total. The lowest BCUT2D eigenvalue weighted by atomic mass is 10.2. The van der Waals surface area contributed by atoms with E-state index in [1.54, 1.807) is 10.7 Å². The molecule has 0 spiro atoms. The minimum Gasteiger partial charge on any atom is -0.364 e. The van der Waals surface area contributed by atoms with E-state index in [1.165, 1.54) is 6.33 Å². The number of pyridine rings is 1. The van der Waals surface area contributed by atoms with Crippen LogP contribution in [0.5, 0.6) is 0 Å². The van der Waals surface area contributed by atoms with Crippen LogP contribution < -0.4 is 5.32 Å². The summed E-state index contributed by atoms with van der Waals surface area (Å²) in [6, 6.07) is 5.93.